The van der Waals surface area contributed by atoms with Gasteiger partial charge in [0.2, 0.25) is 0 Å². The number of methoxy groups -OCH3 is 1. The summed E-state index contributed by atoms with van der Waals surface area (Å²) < 4.78 is 5.39. The standard InChI is InChI=1S/C10H20O2/c1-8(2)7-9(11)10(12-3)5-4-6-10/h8-9,11H,4-7H2,1-3H3. The van der Waals surface area contributed by atoms with Crippen molar-refractivity contribution in [1.29, 1.82) is 0 Å². The van der Waals surface area contributed by atoms with Gasteiger partial charge < -0.3 is 9.84 Å². The minimum atomic E-state index is -0.267. The van der Waals surface area contributed by atoms with Crippen molar-refractivity contribution in [2.45, 2.75) is 51.2 Å². The summed E-state index contributed by atoms with van der Waals surface area (Å²) in [6.45, 7) is 4.26. The predicted molar refractivity (Wildman–Crippen MR) is 49.1 cm³/mol. The van der Waals surface area contributed by atoms with Gasteiger partial charge in [0.25, 0.3) is 0 Å². The predicted octanol–water partition coefficient (Wildman–Crippen LogP) is 1.96. The highest BCUT2D eigenvalue weighted by atomic mass is 16.5. The summed E-state index contributed by atoms with van der Waals surface area (Å²) >= 11 is 0. The largest absolute Gasteiger partial charge is 0.390 e. The second-order valence-electron chi connectivity index (χ2n) is 4.27. The summed E-state index contributed by atoms with van der Waals surface area (Å²) in [6, 6.07) is 0. The second-order valence-corrected chi connectivity index (χ2v) is 4.27. The zero-order valence-electron chi connectivity index (χ0n) is 8.34. The fourth-order valence-corrected chi connectivity index (χ4v) is 1.86. The van der Waals surface area contributed by atoms with Crippen molar-refractivity contribution in [3.63, 3.8) is 0 Å². The Morgan fingerprint density at radius 2 is 2.00 bits per heavy atom. The lowest BCUT2D eigenvalue weighted by atomic mass is 9.73. The van der Waals surface area contributed by atoms with Gasteiger partial charge in [-0.25, -0.2) is 0 Å². The van der Waals surface area contributed by atoms with Gasteiger partial charge in [-0.2, -0.15) is 0 Å². The molecule has 12 heavy (non-hydrogen) atoms. The van der Waals surface area contributed by atoms with E-state index in [-0.39, 0.29) is 11.7 Å². The molecule has 0 aromatic carbocycles. The smallest absolute Gasteiger partial charge is 0.0936 e. The van der Waals surface area contributed by atoms with Crippen molar-refractivity contribution in [3.05, 3.63) is 0 Å². The van der Waals surface area contributed by atoms with Crippen LogP contribution in [0.15, 0.2) is 0 Å². The van der Waals surface area contributed by atoms with E-state index in [9.17, 15) is 5.11 Å². The molecule has 0 saturated heterocycles. The Kier molecular flexibility index (Phi) is 3.13. The molecular weight excluding hydrogens is 152 g/mol. The van der Waals surface area contributed by atoms with Crippen molar-refractivity contribution in [1.82, 2.24) is 0 Å². The summed E-state index contributed by atoms with van der Waals surface area (Å²) in [4.78, 5) is 0. The molecule has 0 amide bonds. The van der Waals surface area contributed by atoms with Crippen molar-refractivity contribution in [2.75, 3.05) is 7.11 Å². The van der Waals surface area contributed by atoms with Crippen molar-refractivity contribution < 1.29 is 9.84 Å². The van der Waals surface area contributed by atoms with Crippen LogP contribution in [0.1, 0.15) is 39.5 Å². The Morgan fingerprint density at radius 1 is 1.42 bits per heavy atom. The van der Waals surface area contributed by atoms with Gasteiger partial charge >= 0.3 is 0 Å². The molecule has 0 aromatic rings. The Labute approximate surface area is 74.9 Å². The average Bonchev–Trinajstić information content (AvgIpc) is 1.83. The molecule has 0 aromatic heterocycles. The minimum Gasteiger partial charge on any atom is -0.390 e. The summed E-state index contributed by atoms with van der Waals surface area (Å²) in [5.74, 6) is 0.549. The zero-order valence-corrected chi connectivity index (χ0v) is 8.34. The normalized spacial score (nSPS) is 23.8. The molecule has 0 aliphatic heterocycles. The van der Waals surface area contributed by atoms with Crippen LogP contribution in [0.3, 0.4) is 0 Å². The van der Waals surface area contributed by atoms with Gasteiger partial charge in [-0.3, -0.25) is 0 Å². The number of aliphatic hydroxyl groups excluding tert-OH is 1. The van der Waals surface area contributed by atoms with Gasteiger partial charge in [-0.15, -0.1) is 0 Å². The summed E-state index contributed by atoms with van der Waals surface area (Å²) in [7, 11) is 1.71. The zero-order chi connectivity index (χ0) is 9.19. The van der Waals surface area contributed by atoms with E-state index >= 15 is 0 Å². The third kappa shape index (κ3) is 1.80. The molecule has 1 rings (SSSR count). The lowest BCUT2D eigenvalue weighted by Crippen LogP contribution is -2.50. The molecule has 1 atom stereocenters. The lowest BCUT2D eigenvalue weighted by molar-refractivity contribution is -0.153. The first-order valence-electron chi connectivity index (χ1n) is 4.84. The van der Waals surface area contributed by atoms with E-state index in [2.05, 4.69) is 13.8 Å². The molecule has 0 heterocycles. The number of hydrogen-bond donors (Lipinski definition) is 1. The molecule has 2 heteroatoms. The minimum absolute atomic E-state index is 0.190. The Balaban J connectivity index is 2.43. The molecule has 72 valence electrons. The van der Waals surface area contributed by atoms with E-state index < -0.39 is 0 Å². The molecule has 1 saturated carbocycles. The van der Waals surface area contributed by atoms with Gasteiger partial charge in [0, 0.05) is 7.11 Å². The van der Waals surface area contributed by atoms with Crippen LogP contribution in [0.5, 0.6) is 0 Å². The van der Waals surface area contributed by atoms with Gasteiger partial charge in [-0.05, 0) is 31.6 Å². The molecule has 0 spiro atoms. The lowest BCUT2D eigenvalue weighted by Gasteiger charge is -2.44. The van der Waals surface area contributed by atoms with Gasteiger partial charge in [0.1, 0.15) is 0 Å². The maximum Gasteiger partial charge on any atom is 0.0936 e. The van der Waals surface area contributed by atoms with Crippen LogP contribution in [0.25, 0.3) is 0 Å². The second kappa shape index (κ2) is 3.75. The topological polar surface area (TPSA) is 29.5 Å². The van der Waals surface area contributed by atoms with E-state index in [0.717, 1.165) is 19.3 Å². The van der Waals surface area contributed by atoms with Crippen molar-refractivity contribution >= 4 is 0 Å². The fraction of sp³-hybridized carbons (Fsp3) is 1.00. The monoisotopic (exact) mass is 172 g/mol. The number of aliphatic hydroxyl groups is 1. The van der Waals surface area contributed by atoms with Crippen LogP contribution in [0.2, 0.25) is 0 Å². The van der Waals surface area contributed by atoms with Crippen LogP contribution in [-0.2, 0) is 4.74 Å². The molecule has 0 bridgehead atoms. The molecule has 1 aliphatic rings. The quantitative estimate of drug-likeness (QED) is 0.702. The van der Waals surface area contributed by atoms with E-state index in [1.165, 1.54) is 6.42 Å². The Bertz CT molecular complexity index is 133. The molecule has 2 nitrogen and oxygen atoms in total. The number of rotatable bonds is 4. The van der Waals surface area contributed by atoms with Crippen LogP contribution < -0.4 is 0 Å². The van der Waals surface area contributed by atoms with Gasteiger partial charge in [-0.1, -0.05) is 13.8 Å². The van der Waals surface area contributed by atoms with Crippen molar-refractivity contribution in [2.24, 2.45) is 5.92 Å². The van der Waals surface area contributed by atoms with E-state index in [4.69, 9.17) is 4.74 Å². The first-order chi connectivity index (χ1) is 5.60. The average molecular weight is 172 g/mol. The Morgan fingerprint density at radius 3 is 2.25 bits per heavy atom. The highest BCUT2D eigenvalue weighted by molar-refractivity contribution is 4.95. The van der Waals surface area contributed by atoms with Crippen molar-refractivity contribution in [3.8, 4) is 0 Å². The molecule has 0 radical (unpaired) electrons. The third-order valence-corrected chi connectivity index (χ3v) is 2.91. The van der Waals surface area contributed by atoms with Gasteiger partial charge in [0.05, 0.1) is 11.7 Å². The van der Waals surface area contributed by atoms with Crippen LogP contribution >= 0.6 is 0 Å². The fourth-order valence-electron chi connectivity index (χ4n) is 1.86. The molecule has 1 fully saturated rings. The maximum atomic E-state index is 9.86. The molecular formula is C10H20O2. The van der Waals surface area contributed by atoms with Gasteiger partial charge in [0.15, 0.2) is 0 Å². The van der Waals surface area contributed by atoms with Crippen LogP contribution in [0.4, 0.5) is 0 Å². The first-order valence-corrected chi connectivity index (χ1v) is 4.84. The molecule has 1 N–H and O–H groups in total. The summed E-state index contributed by atoms with van der Waals surface area (Å²) in [5.41, 5.74) is -0.190. The van der Waals surface area contributed by atoms with Crippen LogP contribution in [0, 0.1) is 5.92 Å². The molecule has 1 aliphatic carbocycles. The highest BCUT2D eigenvalue weighted by Gasteiger charge is 2.43. The third-order valence-electron chi connectivity index (χ3n) is 2.91. The SMILES string of the molecule is COC1(C(O)CC(C)C)CCC1. The Hall–Kier alpha value is -0.0800. The number of ether oxygens (including phenoxy) is 1. The summed E-state index contributed by atoms with van der Waals surface area (Å²) in [6.07, 6.45) is 3.84. The first kappa shape index (κ1) is 10.0. The molecule has 1 unspecified atom stereocenters. The number of hydrogen-bond acceptors (Lipinski definition) is 2. The van der Waals surface area contributed by atoms with E-state index in [1.807, 2.05) is 0 Å². The van der Waals surface area contributed by atoms with E-state index in [0.29, 0.717) is 5.92 Å². The summed E-state index contributed by atoms with van der Waals surface area (Å²) in [5, 5.41) is 9.86. The maximum absolute atomic E-state index is 9.86. The van der Waals surface area contributed by atoms with E-state index in [1.54, 1.807) is 7.11 Å². The van der Waals surface area contributed by atoms with Crippen LogP contribution in [-0.4, -0.2) is 23.9 Å². The highest BCUT2D eigenvalue weighted by Crippen LogP contribution is 2.39.